The topological polar surface area (TPSA) is 45.9 Å². The monoisotopic (exact) mass is 290 g/mol. The first-order valence-corrected chi connectivity index (χ1v) is 6.51. The third-order valence-corrected chi connectivity index (χ3v) is 3.00. The van der Waals surface area contributed by atoms with Gasteiger partial charge in [-0.05, 0) is 36.8 Å². The summed E-state index contributed by atoms with van der Waals surface area (Å²) in [6, 6.07) is 9.74. The van der Waals surface area contributed by atoms with Gasteiger partial charge in [-0.2, -0.15) is 5.26 Å². The summed E-state index contributed by atoms with van der Waals surface area (Å²) in [4.78, 5) is 4.28. The lowest BCUT2D eigenvalue weighted by Gasteiger charge is -2.10. The van der Waals surface area contributed by atoms with E-state index in [2.05, 4.69) is 4.98 Å². The summed E-state index contributed by atoms with van der Waals surface area (Å²) in [7, 11) is 0. The van der Waals surface area contributed by atoms with Crippen molar-refractivity contribution in [2.24, 2.45) is 0 Å². The van der Waals surface area contributed by atoms with Crippen LogP contribution in [-0.4, -0.2) is 4.98 Å². The summed E-state index contributed by atoms with van der Waals surface area (Å²) in [5.41, 5.74) is 2.24. The van der Waals surface area contributed by atoms with Crippen LogP contribution in [0, 0.1) is 24.1 Å². The van der Waals surface area contributed by atoms with Gasteiger partial charge < -0.3 is 4.74 Å². The van der Waals surface area contributed by atoms with Crippen LogP contribution < -0.4 is 4.74 Å². The molecule has 0 bridgehead atoms. The minimum absolute atomic E-state index is 0.00528. The summed E-state index contributed by atoms with van der Waals surface area (Å²) < 4.78 is 18.8. The Morgan fingerprint density at radius 3 is 2.85 bits per heavy atom. The number of rotatable bonds is 4. The number of aromatic nitrogens is 1. The fourth-order valence-corrected chi connectivity index (χ4v) is 1.93. The van der Waals surface area contributed by atoms with E-state index in [1.54, 1.807) is 18.2 Å². The summed E-state index contributed by atoms with van der Waals surface area (Å²) >= 11 is 5.82. The van der Waals surface area contributed by atoms with Gasteiger partial charge in [-0.15, -0.1) is 11.6 Å². The molecule has 5 heteroatoms. The molecular weight excluding hydrogens is 279 g/mol. The Labute approximate surface area is 121 Å². The lowest BCUT2D eigenvalue weighted by atomic mass is 10.1. The van der Waals surface area contributed by atoms with E-state index in [-0.39, 0.29) is 18.1 Å². The molecule has 1 aromatic heterocycles. The van der Waals surface area contributed by atoms with Crippen LogP contribution in [0.5, 0.6) is 5.75 Å². The van der Waals surface area contributed by atoms with Crippen molar-refractivity contribution in [1.82, 2.24) is 4.98 Å². The molecule has 0 fully saturated rings. The molecule has 0 radical (unpaired) electrons. The van der Waals surface area contributed by atoms with Crippen molar-refractivity contribution in [2.75, 3.05) is 0 Å². The first-order valence-electron chi connectivity index (χ1n) is 5.98. The van der Waals surface area contributed by atoms with Crippen molar-refractivity contribution >= 4 is 11.6 Å². The van der Waals surface area contributed by atoms with Crippen molar-refractivity contribution in [1.29, 1.82) is 5.26 Å². The molecule has 0 aliphatic heterocycles. The van der Waals surface area contributed by atoms with Crippen LogP contribution in [0.4, 0.5) is 4.39 Å². The van der Waals surface area contributed by atoms with Crippen LogP contribution in [0.15, 0.2) is 30.3 Å². The first-order chi connectivity index (χ1) is 9.63. The van der Waals surface area contributed by atoms with Crippen LogP contribution in [-0.2, 0) is 12.5 Å². The quantitative estimate of drug-likeness (QED) is 0.806. The van der Waals surface area contributed by atoms with E-state index in [1.165, 1.54) is 12.1 Å². The lowest BCUT2D eigenvalue weighted by molar-refractivity contribution is 0.302. The molecule has 0 unspecified atom stereocenters. The van der Waals surface area contributed by atoms with E-state index in [4.69, 9.17) is 21.6 Å². The molecule has 0 atom stereocenters. The average Bonchev–Trinajstić information content (AvgIpc) is 2.47. The second-order valence-corrected chi connectivity index (χ2v) is 4.51. The first kappa shape index (κ1) is 14.3. The molecular formula is C15H12ClFN2O. The van der Waals surface area contributed by atoms with Crippen molar-refractivity contribution in [3.05, 3.63) is 58.7 Å². The molecule has 0 spiro atoms. The summed E-state index contributed by atoms with van der Waals surface area (Å²) in [5, 5.41) is 8.78. The van der Waals surface area contributed by atoms with E-state index in [0.29, 0.717) is 17.0 Å². The van der Waals surface area contributed by atoms with Gasteiger partial charge in [0.2, 0.25) is 0 Å². The van der Waals surface area contributed by atoms with Gasteiger partial charge in [0.1, 0.15) is 24.2 Å². The molecule has 0 amide bonds. The Morgan fingerprint density at radius 1 is 1.35 bits per heavy atom. The van der Waals surface area contributed by atoms with E-state index < -0.39 is 5.82 Å². The summed E-state index contributed by atoms with van der Waals surface area (Å²) in [6.07, 6.45) is 0. The standard InChI is InChI=1S/C15H12ClFN2O/c1-10-2-5-15(14(7-16)19-10)20-9-11-3-4-13(17)12(6-11)8-18/h2-6H,7,9H2,1H3. The second-order valence-electron chi connectivity index (χ2n) is 4.25. The predicted molar refractivity (Wildman–Crippen MR) is 74.0 cm³/mol. The molecule has 1 aromatic carbocycles. The number of hydrogen-bond acceptors (Lipinski definition) is 3. The molecule has 1 heterocycles. The molecule has 0 aliphatic rings. The molecule has 0 N–H and O–H groups in total. The van der Waals surface area contributed by atoms with Gasteiger partial charge in [-0.25, -0.2) is 4.39 Å². The Bertz CT molecular complexity index is 667. The maximum Gasteiger partial charge on any atom is 0.142 e. The Morgan fingerprint density at radius 2 is 2.15 bits per heavy atom. The number of hydrogen-bond donors (Lipinski definition) is 0. The summed E-state index contributed by atoms with van der Waals surface area (Å²) in [6.45, 7) is 2.10. The van der Waals surface area contributed by atoms with Crippen molar-refractivity contribution in [2.45, 2.75) is 19.4 Å². The van der Waals surface area contributed by atoms with Crippen LogP contribution in [0.3, 0.4) is 0 Å². The Kier molecular flexibility index (Phi) is 4.54. The smallest absolute Gasteiger partial charge is 0.142 e. The molecule has 2 rings (SSSR count). The number of aryl methyl sites for hydroxylation is 1. The number of nitrogens with zero attached hydrogens (tertiary/aromatic N) is 2. The third kappa shape index (κ3) is 3.25. The summed E-state index contributed by atoms with van der Waals surface area (Å²) in [5.74, 6) is 0.312. The Hall–Kier alpha value is -2.12. The molecule has 20 heavy (non-hydrogen) atoms. The van der Waals surface area contributed by atoms with Gasteiger partial charge >= 0.3 is 0 Å². The SMILES string of the molecule is Cc1ccc(OCc2ccc(F)c(C#N)c2)c(CCl)n1. The van der Waals surface area contributed by atoms with Crippen molar-refractivity contribution in [3.8, 4) is 11.8 Å². The molecule has 2 aromatic rings. The highest BCUT2D eigenvalue weighted by molar-refractivity contribution is 6.17. The van der Waals surface area contributed by atoms with Crippen LogP contribution in [0.1, 0.15) is 22.5 Å². The third-order valence-electron chi connectivity index (χ3n) is 2.74. The van der Waals surface area contributed by atoms with Crippen molar-refractivity contribution < 1.29 is 9.13 Å². The minimum Gasteiger partial charge on any atom is -0.487 e. The van der Waals surface area contributed by atoms with Gasteiger partial charge in [-0.3, -0.25) is 4.98 Å². The number of ether oxygens (including phenoxy) is 1. The average molecular weight is 291 g/mol. The van der Waals surface area contributed by atoms with Crippen LogP contribution in [0.2, 0.25) is 0 Å². The molecule has 102 valence electrons. The van der Waals surface area contributed by atoms with Crippen LogP contribution in [0.25, 0.3) is 0 Å². The zero-order valence-electron chi connectivity index (χ0n) is 10.9. The molecule has 3 nitrogen and oxygen atoms in total. The van der Waals surface area contributed by atoms with Gasteiger partial charge in [0.15, 0.2) is 0 Å². The molecule has 0 aliphatic carbocycles. The predicted octanol–water partition coefficient (Wildman–Crippen LogP) is 3.72. The lowest BCUT2D eigenvalue weighted by Crippen LogP contribution is -2.01. The van der Waals surface area contributed by atoms with Gasteiger partial charge in [0.25, 0.3) is 0 Å². The Balaban J connectivity index is 2.15. The number of pyridine rings is 1. The van der Waals surface area contributed by atoms with Crippen LogP contribution >= 0.6 is 11.6 Å². The largest absolute Gasteiger partial charge is 0.487 e. The molecule has 0 saturated heterocycles. The highest BCUT2D eigenvalue weighted by Crippen LogP contribution is 2.20. The number of halogens is 2. The van der Waals surface area contributed by atoms with E-state index in [9.17, 15) is 4.39 Å². The maximum absolute atomic E-state index is 13.2. The van der Waals surface area contributed by atoms with Crippen molar-refractivity contribution in [3.63, 3.8) is 0 Å². The van der Waals surface area contributed by atoms with Gasteiger partial charge in [-0.1, -0.05) is 6.07 Å². The van der Waals surface area contributed by atoms with Gasteiger partial charge in [0.05, 0.1) is 17.1 Å². The van der Waals surface area contributed by atoms with E-state index in [1.807, 2.05) is 13.0 Å². The maximum atomic E-state index is 13.2. The number of benzene rings is 1. The highest BCUT2D eigenvalue weighted by Gasteiger charge is 2.07. The highest BCUT2D eigenvalue weighted by atomic mass is 35.5. The zero-order valence-corrected chi connectivity index (χ0v) is 11.6. The number of nitriles is 1. The van der Waals surface area contributed by atoms with E-state index in [0.717, 1.165) is 5.69 Å². The normalized spacial score (nSPS) is 10.1. The van der Waals surface area contributed by atoms with Gasteiger partial charge in [0, 0.05) is 5.69 Å². The zero-order chi connectivity index (χ0) is 14.5. The fourth-order valence-electron chi connectivity index (χ4n) is 1.73. The molecule has 0 saturated carbocycles. The number of alkyl halides is 1. The fraction of sp³-hybridized carbons (Fsp3) is 0.200. The van der Waals surface area contributed by atoms with E-state index >= 15 is 0 Å². The second kappa shape index (κ2) is 6.36. The minimum atomic E-state index is -0.533.